The zero-order valence-corrected chi connectivity index (χ0v) is 33.0. The average Bonchev–Trinajstić information content (AvgIpc) is 3.07. The summed E-state index contributed by atoms with van der Waals surface area (Å²) in [5.74, 6) is -1.41. The molecule has 0 atom stereocenters. The summed E-state index contributed by atoms with van der Waals surface area (Å²) in [6, 6.07) is 14.7. The molecule has 0 radical (unpaired) electrons. The molecule has 0 spiro atoms. The van der Waals surface area contributed by atoms with Gasteiger partial charge in [0.2, 0.25) is 11.8 Å². The van der Waals surface area contributed by atoms with Crippen molar-refractivity contribution in [1.82, 2.24) is 25.1 Å². The molecule has 0 saturated heterocycles. The second-order valence-electron chi connectivity index (χ2n) is 11.0. The Hall–Kier alpha value is -4.15. The van der Waals surface area contributed by atoms with Crippen molar-refractivity contribution in [2.24, 2.45) is 5.73 Å². The average molecular weight is 854 g/mol. The van der Waals surface area contributed by atoms with Crippen molar-refractivity contribution in [3.63, 3.8) is 0 Å². The predicted molar refractivity (Wildman–Crippen MR) is 212 cm³/mol. The van der Waals surface area contributed by atoms with E-state index in [0.29, 0.717) is 10.0 Å². The number of esters is 2. The van der Waals surface area contributed by atoms with E-state index in [1.54, 1.807) is 22.5 Å². The Balaban J connectivity index is 0.000000377. The standard InChI is InChI=1S/C15H13ClN2O3.C11H9ClN2O.C6H16N2.C4H5IO2/c1-21-15(20)4-5-17-14(19)7-10-2-3-13-11(6-10)8-12(16)9-18-13;12-9-5-8-3-7(4-11(13)15)1-2-10(8)14-6-9;1-7(2)5-6-8(3)4;1-7-4(6)2-3-5/h2-6,8-9H,7H2,1H3,(H,17,19);1-3,5-6H,4H2,(H2,13,15);5-6H2,1-4H3;2-3H,1H3/b5-4-;;;3-2-. The van der Waals surface area contributed by atoms with Crippen LogP contribution in [0.1, 0.15) is 11.1 Å². The Labute approximate surface area is 322 Å². The first-order valence-electron chi connectivity index (χ1n) is 15.2. The van der Waals surface area contributed by atoms with E-state index in [2.05, 4.69) is 62.7 Å². The molecule has 0 bridgehead atoms. The number of primary amides is 1. The number of likely N-dealkylation sites (N-methyl/N-ethyl adjacent to an activating group) is 2. The van der Waals surface area contributed by atoms with Crippen LogP contribution in [0.2, 0.25) is 10.0 Å². The summed E-state index contributed by atoms with van der Waals surface area (Å²) in [6.07, 6.45) is 7.35. The molecule has 0 aliphatic rings. The SMILES string of the molecule is CN(C)CCN(C)C.COC(=O)/C=C\I.COC(=O)/C=C\NC(=O)Cc1ccc2ncc(Cl)cc2c1.NC(=O)Cc1ccc2ncc(Cl)cc2c1. The van der Waals surface area contributed by atoms with Gasteiger partial charge in [-0.3, -0.25) is 19.6 Å². The summed E-state index contributed by atoms with van der Waals surface area (Å²) < 4.78 is 10.3. The van der Waals surface area contributed by atoms with Crippen LogP contribution in [0.5, 0.6) is 0 Å². The maximum Gasteiger partial charge on any atom is 0.331 e. The number of fused-ring (bicyclic) bond motifs is 2. The molecule has 0 fully saturated rings. The lowest BCUT2D eigenvalue weighted by molar-refractivity contribution is -0.135. The molecule has 4 aromatic rings. The molecule has 0 aliphatic heterocycles. The number of hydrogen-bond acceptors (Lipinski definition) is 10. The largest absolute Gasteiger partial charge is 0.466 e. The van der Waals surface area contributed by atoms with Gasteiger partial charge in [-0.2, -0.15) is 0 Å². The maximum absolute atomic E-state index is 11.7. The van der Waals surface area contributed by atoms with Gasteiger partial charge in [0.25, 0.3) is 0 Å². The van der Waals surface area contributed by atoms with Gasteiger partial charge >= 0.3 is 11.9 Å². The van der Waals surface area contributed by atoms with Crippen molar-refractivity contribution >= 4 is 91.4 Å². The van der Waals surface area contributed by atoms with Crippen LogP contribution in [0, 0.1) is 0 Å². The van der Waals surface area contributed by atoms with E-state index in [1.165, 1.54) is 26.5 Å². The Bertz CT molecular complexity index is 1800. The minimum atomic E-state index is -0.526. The zero-order chi connectivity index (χ0) is 38.3. The van der Waals surface area contributed by atoms with Gasteiger partial charge < -0.3 is 30.3 Å². The van der Waals surface area contributed by atoms with Crippen LogP contribution in [-0.4, -0.2) is 99.0 Å². The highest BCUT2D eigenvalue weighted by molar-refractivity contribution is 14.1. The lowest BCUT2D eigenvalue weighted by atomic mass is 10.1. The smallest absolute Gasteiger partial charge is 0.331 e. The Morgan fingerprint density at radius 3 is 1.61 bits per heavy atom. The highest BCUT2D eigenvalue weighted by Crippen LogP contribution is 2.19. The van der Waals surface area contributed by atoms with Crippen LogP contribution in [0.3, 0.4) is 0 Å². The number of hydrogen-bond donors (Lipinski definition) is 2. The van der Waals surface area contributed by atoms with Gasteiger partial charge in [0.15, 0.2) is 0 Å². The lowest BCUT2D eigenvalue weighted by Gasteiger charge is -2.13. The molecule has 15 heteroatoms. The van der Waals surface area contributed by atoms with E-state index in [0.717, 1.165) is 52.1 Å². The fraction of sp³-hybridized carbons (Fsp3) is 0.278. The molecule has 0 saturated carbocycles. The minimum Gasteiger partial charge on any atom is -0.466 e. The number of halogens is 3. The number of amides is 2. The molecule has 12 nitrogen and oxygen atoms in total. The molecule has 51 heavy (non-hydrogen) atoms. The highest BCUT2D eigenvalue weighted by atomic mass is 127. The van der Waals surface area contributed by atoms with Gasteiger partial charge in [-0.1, -0.05) is 57.9 Å². The van der Waals surface area contributed by atoms with E-state index in [1.807, 2.05) is 65.1 Å². The summed E-state index contributed by atoms with van der Waals surface area (Å²) in [5, 5.41) is 5.41. The molecular formula is C36H43Cl2IN6O6. The third-order valence-electron chi connectivity index (χ3n) is 6.23. The number of methoxy groups -OCH3 is 2. The second kappa shape index (κ2) is 24.9. The maximum atomic E-state index is 11.7. The summed E-state index contributed by atoms with van der Waals surface area (Å²) in [7, 11) is 11.0. The molecule has 2 heterocycles. The fourth-order valence-corrected chi connectivity index (χ4v) is 4.38. The predicted octanol–water partition coefficient (Wildman–Crippen LogP) is 5.37. The molecule has 2 aromatic heterocycles. The normalized spacial score (nSPS) is 10.6. The van der Waals surface area contributed by atoms with E-state index >= 15 is 0 Å². The summed E-state index contributed by atoms with van der Waals surface area (Å²) in [4.78, 5) is 56.1. The number of carbonyl (C=O) groups excluding carboxylic acids is 4. The van der Waals surface area contributed by atoms with E-state index < -0.39 is 5.97 Å². The summed E-state index contributed by atoms with van der Waals surface area (Å²) >= 11 is 13.7. The number of benzene rings is 2. The molecule has 4 rings (SSSR count). The lowest BCUT2D eigenvalue weighted by Crippen LogP contribution is -2.25. The molecular weight excluding hydrogens is 810 g/mol. The third kappa shape index (κ3) is 20.3. The van der Waals surface area contributed by atoms with Gasteiger partial charge in [-0.25, -0.2) is 9.59 Å². The molecule has 274 valence electrons. The number of nitrogens with two attached hydrogens (primary N) is 1. The third-order valence-corrected chi connectivity index (χ3v) is 7.00. The fourth-order valence-electron chi connectivity index (χ4n) is 3.76. The first-order valence-corrected chi connectivity index (χ1v) is 17.2. The van der Waals surface area contributed by atoms with Crippen molar-refractivity contribution in [1.29, 1.82) is 0 Å². The van der Waals surface area contributed by atoms with Crippen molar-refractivity contribution in [2.75, 3.05) is 55.5 Å². The monoisotopic (exact) mass is 852 g/mol. The first-order chi connectivity index (χ1) is 24.2. The Morgan fingerprint density at radius 2 is 1.22 bits per heavy atom. The number of carbonyl (C=O) groups is 4. The number of aromatic nitrogens is 2. The number of nitrogens with one attached hydrogen (secondary N) is 1. The second-order valence-corrected chi connectivity index (χ2v) is 12.6. The number of nitrogens with zero attached hydrogens (tertiary/aromatic N) is 4. The molecule has 3 N–H and O–H groups in total. The van der Waals surface area contributed by atoms with Crippen molar-refractivity contribution in [2.45, 2.75) is 12.8 Å². The molecule has 2 aromatic carbocycles. The van der Waals surface area contributed by atoms with Crippen LogP contribution in [0.4, 0.5) is 0 Å². The molecule has 2 amide bonds. The van der Waals surface area contributed by atoms with Gasteiger partial charge in [0, 0.05) is 54.6 Å². The summed E-state index contributed by atoms with van der Waals surface area (Å²) in [6.45, 7) is 2.29. The van der Waals surface area contributed by atoms with Crippen LogP contribution in [0.15, 0.2) is 83.4 Å². The van der Waals surface area contributed by atoms with Gasteiger partial charge in [0.05, 0.1) is 48.1 Å². The van der Waals surface area contributed by atoms with Gasteiger partial charge in [-0.05, 0) is 79.8 Å². The van der Waals surface area contributed by atoms with Crippen LogP contribution in [0.25, 0.3) is 21.8 Å². The number of rotatable bonds is 10. The Morgan fingerprint density at radius 1 is 0.765 bits per heavy atom. The van der Waals surface area contributed by atoms with E-state index in [4.69, 9.17) is 28.9 Å². The first kappa shape index (κ1) is 44.9. The van der Waals surface area contributed by atoms with E-state index in [-0.39, 0.29) is 30.6 Å². The minimum absolute atomic E-state index is 0.188. The Kier molecular flexibility index (Phi) is 21.9. The topological polar surface area (TPSA) is 157 Å². The van der Waals surface area contributed by atoms with Crippen molar-refractivity contribution < 1.29 is 28.7 Å². The molecule has 0 unspecified atom stereocenters. The highest BCUT2D eigenvalue weighted by Gasteiger charge is 2.05. The van der Waals surface area contributed by atoms with Crippen molar-refractivity contribution in [3.8, 4) is 0 Å². The zero-order valence-electron chi connectivity index (χ0n) is 29.4. The quantitative estimate of drug-likeness (QED) is 0.121. The van der Waals surface area contributed by atoms with Crippen LogP contribution in [-0.2, 0) is 41.5 Å². The van der Waals surface area contributed by atoms with Gasteiger partial charge in [0.1, 0.15) is 0 Å². The number of pyridine rings is 2. The van der Waals surface area contributed by atoms with Crippen LogP contribution >= 0.6 is 45.8 Å². The molecule has 0 aliphatic carbocycles. The van der Waals surface area contributed by atoms with Gasteiger partial charge in [-0.15, -0.1) is 0 Å². The van der Waals surface area contributed by atoms with Crippen molar-refractivity contribution in [3.05, 3.63) is 105 Å². The van der Waals surface area contributed by atoms with E-state index in [9.17, 15) is 19.2 Å². The van der Waals surface area contributed by atoms with Crippen LogP contribution < -0.4 is 11.1 Å². The number of ether oxygens (including phenoxy) is 2. The summed E-state index contributed by atoms with van der Waals surface area (Å²) in [5.41, 5.74) is 8.49.